The molecular formula is C33H29FN4O5. The smallest absolute Gasteiger partial charge is 0.258 e. The van der Waals surface area contributed by atoms with Gasteiger partial charge in [0, 0.05) is 49.6 Å². The van der Waals surface area contributed by atoms with E-state index in [1.54, 1.807) is 53.6 Å². The molecule has 0 unspecified atom stereocenters. The number of ether oxygens (including phenoxy) is 2. The quantitative estimate of drug-likeness (QED) is 0.353. The number of nitrogens with zero attached hydrogens (tertiary/aromatic N) is 2. The lowest BCUT2D eigenvalue weighted by Gasteiger charge is -2.39. The molecule has 0 radical (unpaired) electrons. The summed E-state index contributed by atoms with van der Waals surface area (Å²) >= 11 is 0. The fourth-order valence-electron chi connectivity index (χ4n) is 5.20. The van der Waals surface area contributed by atoms with E-state index in [0.717, 1.165) is 11.1 Å². The van der Waals surface area contributed by atoms with Gasteiger partial charge in [0.15, 0.2) is 6.61 Å². The minimum Gasteiger partial charge on any atom is -0.488 e. The van der Waals surface area contributed by atoms with Crippen molar-refractivity contribution in [3.63, 3.8) is 0 Å². The van der Waals surface area contributed by atoms with Crippen LogP contribution < -0.4 is 20.1 Å². The molecule has 3 aromatic carbocycles. The van der Waals surface area contributed by atoms with Crippen LogP contribution in [0.2, 0.25) is 0 Å². The summed E-state index contributed by atoms with van der Waals surface area (Å²) in [5.41, 5.74) is 2.90. The van der Waals surface area contributed by atoms with Crippen LogP contribution in [-0.2, 0) is 11.3 Å². The van der Waals surface area contributed by atoms with Gasteiger partial charge in [0.1, 0.15) is 23.4 Å². The molecule has 9 nitrogen and oxygen atoms in total. The molecule has 4 heterocycles. The first kappa shape index (κ1) is 27.9. The zero-order chi connectivity index (χ0) is 29.8. The molecule has 10 heteroatoms. The van der Waals surface area contributed by atoms with Crippen molar-refractivity contribution in [1.29, 1.82) is 0 Å². The topological polar surface area (TPSA) is 110 Å². The minimum absolute atomic E-state index is 0.146. The van der Waals surface area contributed by atoms with Crippen molar-refractivity contribution in [3.05, 3.63) is 114 Å². The maximum atomic E-state index is 13.9. The number of piperidine rings is 1. The molecule has 0 saturated carbocycles. The lowest BCUT2D eigenvalue weighted by molar-refractivity contribution is -0.123. The van der Waals surface area contributed by atoms with Crippen LogP contribution in [0.25, 0.3) is 11.1 Å². The van der Waals surface area contributed by atoms with Crippen molar-refractivity contribution >= 4 is 17.7 Å². The highest BCUT2D eigenvalue weighted by Crippen LogP contribution is 2.26. The van der Waals surface area contributed by atoms with Crippen LogP contribution in [0, 0.1) is 5.82 Å². The number of benzene rings is 3. The van der Waals surface area contributed by atoms with Gasteiger partial charge in [-0.25, -0.2) is 4.39 Å². The molecule has 2 N–H and O–H groups in total. The van der Waals surface area contributed by atoms with Crippen LogP contribution >= 0.6 is 0 Å². The van der Waals surface area contributed by atoms with E-state index in [1.807, 2.05) is 18.2 Å². The number of rotatable bonds is 1. The van der Waals surface area contributed by atoms with Crippen LogP contribution in [0.5, 0.6) is 11.5 Å². The maximum absolute atomic E-state index is 13.9. The zero-order valence-corrected chi connectivity index (χ0v) is 23.2. The van der Waals surface area contributed by atoms with Crippen molar-refractivity contribution < 1.29 is 28.2 Å². The highest BCUT2D eigenvalue weighted by atomic mass is 19.1. The van der Waals surface area contributed by atoms with Gasteiger partial charge in [-0.05, 0) is 59.7 Å². The molecule has 1 saturated heterocycles. The Balaban J connectivity index is 1.31. The predicted octanol–water partition coefficient (Wildman–Crippen LogP) is 3.99. The number of likely N-dealkylation sites (tertiary alicyclic amines) is 1. The van der Waals surface area contributed by atoms with Gasteiger partial charge in [-0.1, -0.05) is 30.3 Å². The van der Waals surface area contributed by atoms with Crippen molar-refractivity contribution in [2.75, 3.05) is 19.7 Å². The highest BCUT2D eigenvalue weighted by Gasteiger charge is 2.35. The molecule has 0 aliphatic carbocycles. The van der Waals surface area contributed by atoms with Crippen molar-refractivity contribution in [2.24, 2.45) is 0 Å². The first-order chi connectivity index (χ1) is 20.9. The van der Waals surface area contributed by atoms with Crippen LogP contribution in [0.1, 0.15) is 32.7 Å². The molecule has 1 aromatic heterocycles. The fourth-order valence-corrected chi connectivity index (χ4v) is 5.20. The van der Waals surface area contributed by atoms with E-state index in [-0.39, 0.29) is 36.4 Å². The Hall–Kier alpha value is -5.25. The maximum Gasteiger partial charge on any atom is 0.258 e. The van der Waals surface area contributed by atoms with Gasteiger partial charge >= 0.3 is 0 Å². The Morgan fingerprint density at radius 2 is 1.72 bits per heavy atom. The second kappa shape index (κ2) is 12.3. The number of aromatic nitrogens is 1. The lowest BCUT2D eigenvalue weighted by atomic mass is 9.99. The van der Waals surface area contributed by atoms with E-state index in [2.05, 4.69) is 15.6 Å². The number of carbonyl (C=O) groups is 3. The first-order valence-electron chi connectivity index (χ1n) is 14.0. The molecule has 3 amide bonds. The summed E-state index contributed by atoms with van der Waals surface area (Å²) in [5, 5.41) is 5.91. The Labute approximate surface area is 247 Å². The molecule has 3 aliphatic rings. The first-order valence-corrected chi connectivity index (χ1v) is 14.0. The fraction of sp³-hybridized carbons (Fsp3) is 0.212. The average Bonchev–Trinajstić information content (AvgIpc) is 3.03. The number of carbonyl (C=O) groups excluding carboxylic acids is 3. The summed E-state index contributed by atoms with van der Waals surface area (Å²) in [7, 11) is 0. The molecule has 1 fully saturated rings. The van der Waals surface area contributed by atoms with Crippen molar-refractivity contribution in [2.45, 2.75) is 25.1 Å². The molecule has 3 aliphatic heterocycles. The molecule has 2 atom stereocenters. The zero-order valence-electron chi connectivity index (χ0n) is 23.2. The van der Waals surface area contributed by atoms with Crippen LogP contribution in [-0.4, -0.2) is 59.4 Å². The highest BCUT2D eigenvalue weighted by molar-refractivity contribution is 5.96. The lowest BCUT2D eigenvalue weighted by Crippen LogP contribution is -2.58. The second-order valence-corrected chi connectivity index (χ2v) is 10.5. The summed E-state index contributed by atoms with van der Waals surface area (Å²) in [4.78, 5) is 45.1. The SMILES string of the molecule is O=C1COc2cccc(c2)-c2cncc(c2)C(=O)N[C@@H]2CN(C(=O)c3cccc(F)c3)CC[C@@H]2Oc2ccc(cc2)CN1. The van der Waals surface area contributed by atoms with Gasteiger partial charge in [0.2, 0.25) is 0 Å². The normalized spacial score (nSPS) is 18.8. The number of nitrogens with one attached hydrogen (secondary N) is 2. The van der Waals surface area contributed by atoms with Gasteiger partial charge in [-0.3, -0.25) is 19.4 Å². The van der Waals surface area contributed by atoms with E-state index < -0.39 is 18.0 Å². The molecule has 43 heavy (non-hydrogen) atoms. The monoisotopic (exact) mass is 580 g/mol. The van der Waals surface area contributed by atoms with Gasteiger partial charge in [-0.2, -0.15) is 0 Å². The molecular weight excluding hydrogens is 551 g/mol. The average molecular weight is 581 g/mol. The van der Waals surface area contributed by atoms with E-state index >= 15 is 0 Å². The van der Waals surface area contributed by atoms with Gasteiger partial charge < -0.3 is 25.0 Å². The Morgan fingerprint density at radius 1 is 0.907 bits per heavy atom. The summed E-state index contributed by atoms with van der Waals surface area (Å²) in [6.45, 7) is 0.710. The molecule has 218 valence electrons. The largest absolute Gasteiger partial charge is 0.488 e. The molecule has 4 aromatic rings. The number of amides is 3. The van der Waals surface area contributed by atoms with E-state index in [4.69, 9.17) is 9.47 Å². The Kier molecular flexibility index (Phi) is 7.99. The molecule has 0 spiro atoms. The van der Waals surface area contributed by atoms with Crippen molar-refractivity contribution in [3.8, 4) is 22.6 Å². The summed E-state index contributed by atoms with van der Waals surface area (Å²) < 4.78 is 25.9. The van der Waals surface area contributed by atoms with Crippen LogP contribution in [0.15, 0.2) is 91.3 Å². The van der Waals surface area contributed by atoms with E-state index in [9.17, 15) is 18.8 Å². The van der Waals surface area contributed by atoms with Gasteiger partial charge in [0.05, 0.1) is 11.6 Å². The number of hydrogen-bond donors (Lipinski definition) is 2. The summed E-state index contributed by atoms with van der Waals surface area (Å²) in [5.74, 6) is -0.358. The standard InChI is InChI=1S/C33H29FN4O5/c34-26-5-1-4-23(14-26)33(41)38-12-11-30-29(19-38)37-32(40)25-13-24(17-35-18-25)22-3-2-6-28(15-22)42-20-31(39)36-16-21-7-9-27(43-30)10-8-21/h1-10,13-15,17-18,29-30H,11-12,16,19-20H2,(H,36,39)(H,37,40)/t29-,30+/m1/s1. The third kappa shape index (κ3) is 6.64. The number of hydrogen-bond acceptors (Lipinski definition) is 6. The summed E-state index contributed by atoms with van der Waals surface area (Å²) in [6.07, 6.45) is 3.11. The number of fused-ring (bicyclic) bond motifs is 7. The number of pyridine rings is 1. The third-order valence-electron chi connectivity index (χ3n) is 7.46. The van der Waals surface area contributed by atoms with Crippen LogP contribution in [0.4, 0.5) is 4.39 Å². The Bertz CT molecular complexity index is 1660. The van der Waals surface area contributed by atoms with Crippen LogP contribution in [0.3, 0.4) is 0 Å². The molecule has 6 bridgehead atoms. The summed E-state index contributed by atoms with van der Waals surface area (Å²) in [6, 6.07) is 21.2. The predicted molar refractivity (Wildman–Crippen MR) is 156 cm³/mol. The van der Waals surface area contributed by atoms with E-state index in [0.29, 0.717) is 42.1 Å². The van der Waals surface area contributed by atoms with Gasteiger partial charge in [0.25, 0.3) is 17.7 Å². The van der Waals surface area contributed by atoms with Gasteiger partial charge in [-0.15, -0.1) is 0 Å². The number of halogens is 1. The van der Waals surface area contributed by atoms with Crippen molar-refractivity contribution in [1.82, 2.24) is 20.5 Å². The molecule has 7 rings (SSSR count). The minimum atomic E-state index is -0.566. The van der Waals surface area contributed by atoms with E-state index in [1.165, 1.54) is 24.4 Å². The Morgan fingerprint density at radius 3 is 2.56 bits per heavy atom. The third-order valence-corrected chi connectivity index (χ3v) is 7.46. The second-order valence-electron chi connectivity index (χ2n) is 10.5.